The van der Waals surface area contributed by atoms with Crippen molar-refractivity contribution >= 4 is 5.69 Å². The van der Waals surface area contributed by atoms with Crippen molar-refractivity contribution in [2.75, 3.05) is 11.4 Å². The monoisotopic (exact) mass is 401 g/mol. The SMILES string of the molecule is Cc1cccc(-c2noc(-c3ccc(N4CCCCC4C)c(C(F)(F)F)c3)n2)c1. The number of aromatic nitrogens is 2. The first-order chi connectivity index (χ1) is 13.8. The number of piperidine rings is 1. The first-order valence-electron chi connectivity index (χ1n) is 9.72. The molecule has 1 fully saturated rings. The minimum atomic E-state index is -4.47. The Morgan fingerprint density at radius 3 is 2.62 bits per heavy atom. The van der Waals surface area contributed by atoms with Crippen LogP contribution >= 0.6 is 0 Å². The van der Waals surface area contributed by atoms with Gasteiger partial charge in [-0.3, -0.25) is 0 Å². The van der Waals surface area contributed by atoms with Crippen LogP contribution in [0.5, 0.6) is 0 Å². The van der Waals surface area contributed by atoms with Crippen LogP contribution in [-0.4, -0.2) is 22.7 Å². The second-order valence-electron chi connectivity index (χ2n) is 7.56. The van der Waals surface area contributed by atoms with Gasteiger partial charge in [-0.25, -0.2) is 0 Å². The molecule has 0 radical (unpaired) electrons. The van der Waals surface area contributed by atoms with E-state index in [9.17, 15) is 13.2 Å². The molecule has 7 heteroatoms. The smallest absolute Gasteiger partial charge is 0.368 e. The third-order valence-corrected chi connectivity index (χ3v) is 5.36. The zero-order chi connectivity index (χ0) is 20.6. The van der Waals surface area contributed by atoms with Gasteiger partial charge in [0.25, 0.3) is 5.89 Å². The number of alkyl halides is 3. The maximum Gasteiger partial charge on any atom is 0.418 e. The molecule has 1 aromatic heterocycles. The molecule has 29 heavy (non-hydrogen) atoms. The summed E-state index contributed by atoms with van der Waals surface area (Å²) in [5.74, 6) is 0.427. The van der Waals surface area contributed by atoms with Gasteiger partial charge >= 0.3 is 6.18 Å². The summed E-state index contributed by atoms with van der Waals surface area (Å²) < 4.78 is 46.8. The van der Waals surface area contributed by atoms with E-state index in [1.54, 1.807) is 6.07 Å². The number of benzene rings is 2. The van der Waals surface area contributed by atoms with E-state index < -0.39 is 11.7 Å². The van der Waals surface area contributed by atoms with Crippen LogP contribution in [-0.2, 0) is 6.18 Å². The summed E-state index contributed by atoms with van der Waals surface area (Å²) >= 11 is 0. The van der Waals surface area contributed by atoms with Crippen LogP contribution in [0.25, 0.3) is 22.8 Å². The number of aryl methyl sites for hydroxylation is 1. The molecule has 1 aliphatic rings. The summed E-state index contributed by atoms with van der Waals surface area (Å²) in [4.78, 5) is 6.16. The number of anilines is 1. The molecule has 152 valence electrons. The molecule has 0 spiro atoms. The Kier molecular flexibility index (Phi) is 5.06. The minimum Gasteiger partial charge on any atom is -0.368 e. The largest absolute Gasteiger partial charge is 0.418 e. The van der Waals surface area contributed by atoms with Crippen molar-refractivity contribution in [2.45, 2.75) is 45.3 Å². The fourth-order valence-corrected chi connectivity index (χ4v) is 3.84. The predicted molar refractivity (Wildman–Crippen MR) is 106 cm³/mol. The van der Waals surface area contributed by atoms with Gasteiger partial charge in [0.05, 0.1) is 5.56 Å². The van der Waals surface area contributed by atoms with Crippen LogP contribution in [0.2, 0.25) is 0 Å². The van der Waals surface area contributed by atoms with Gasteiger partial charge < -0.3 is 9.42 Å². The lowest BCUT2D eigenvalue weighted by molar-refractivity contribution is -0.137. The third-order valence-electron chi connectivity index (χ3n) is 5.36. The highest BCUT2D eigenvalue weighted by molar-refractivity contribution is 5.67. The molecule has 2 aromatic carbocycles. The van der Waals surface area contributed by atoms with E-state index in [-0.39, 0.29) is 23.2 Å². The molecule has 1 saturated heterocycles. The third kappa shape index (κ3) is 3.99. The summed E-state index contributed by atoms with van der Waals surface area (Å²) in [6, 6.07) is 11.9. The van der Waals surface area contributed by atoms with E-state index in [0.717, 1.165) is 36.5 Å². The van der Waals surface area contributed by atoms with E-state index in [0.29, 0.717) is 12.4 Å². The van der Waals surface area contributed by atoms with Crippen molar-refractivity contribution in [3.8, 4) is 22.8 Å². The van der Waals surface area contributed by atoms with E-state index in [1.165, 1.54) is 6.07 Å². The second-order valence-corrected chi connectivity index (χ2v) is 7.56. The van der Waals surface area contributed by atoms with Gasteiger partial charge in [-0.2, -0.15) is 18.2 Å². The van der Waals surface area contributed by atoms with Crippen LogP contribution < -0.4 is 4.90 Å². The summed E-state index contributed by atoms with van der Waals surface area (Å²) in [7, 11) is 0. The van der Waals surface area contributed by atoms with Gasteiger partial charge in [0.1, 0.15) is 0 Å². The van der Waals surface area contributed by atoms with Crippen molar-refractivity contribution in [3.05, 3.63) is 53.6 Å². The zero-order valence-electron chi connectivity index (χ0n) is 16.3. The van der Waals surface area contributed by atoms with Crippen molar-refractivity contribution in [1.82, 2.24) is 10.1 Å². The first-order valence-corrected chi connectivity index (χ1v) is 9.72. The van der Waals surface area contributed by atoms with Crippen LogP contribution in [0.1, 0.15) is 37.3 Å². The molecule has 0 saturated carbocycles. The molecule has 0 amide bonds. The summed E-state index contributed by atoms with van der Waals surface area (Å²) in [5, 5.41) is 3.94. The number of rotatable bonds is 3. The van der Waals surface area contributed by atoms with Gasteiger partial charge in [0, 0.05) is 29.4 Å². The Hall–Kier alpha value is -2.83. The average Bonchev–Trinajstić information content (AvgIpc) is 3.18. The van der Waals surface area contributed by atoms with Crippen LogP contribution in [0.3, 0.4) is 0 Å². The molecule has 1 unspecified atom stereocenters. The van der Waals surface area contributed by atoms with Gasteiger partial charge in [0.15, 0.2) is 0 Å². The average molecular weight is 401 g/mol. The Morgan fingerprint density at radius 1 is 1.07 bits per heavy atom. The first kappa shape index (κ1) is 19.5. The Bertz CT molecular complexity index is 1010. The standard InChI is InChI=1S/C22H22F3N3O/c1-14-6-5-8-16(12-14)20-26-21(29-27-20)17-9-10-19(18(13-17)22(23,24)25)28-11-4-3-7-15(28)2/h5-6,8-10,12-13,15H,3-4,7,11H2,1-2H3. The number of hydrogen-bond acceptors (Lipinski definition) is 4. The summed E-state index contributed by atoms with van der Waals surface area (Å²) in [6.07, 6.45) is -1.64. The van der Waals surface area contributed by atoms with Crippen molar-refractivity contribution in [1.29, 1.82) is 0 Å². The molecular weight excluding hydrogens is 379 g/mol. The summed E-state index contributed by atoms with van der Waals surface area (Å²) in [6.45, 7) is 4.54. The lowest BCUT2D eigenvalue weighted by atomic mass is 9.99. The van der Waals surface area contributed by atoms with E-state index in [1.807, 2.05) is 43.0 Å². The highest BCUT2D eigenvalue weighted by atomic mass is 19.4. The molecule has 0 N–H and O–H groups in total. The lowest BCUT2D eigenvalue weighted by Gasteiger charge is -2.37. The van der Waals surface area contributed by atoms with E-state index >= 15 is 0 Å². The van der Waals surface area contributed by atoms with Crippen LogP contribution in [0, 0.1) is 6.92 Å². The fourth-order valence-electron chi connectivity index (χ4n) is 3.84. The molecule has 2 heterocycles. The molecule has 4 rings (SSSR count). The number of nitrogens with zero attached hydrogens (tertiary/aromatic N) is 3. The molecule has 0 aliphatic carbocycles. The maximum absolute atomic E-state index is 13.8. The Balaban J connectivity index is 1.72. The van der Waals surface area contributed by atoms with Crippen LogP contribution in [0.4, 0.5) is 18.9 Å². The zero-order valence-corrected chi connectivity index (χ0v) is 16.3. The highest BCUT2D eigenvalue weighted by Crippen LogP contribution is 2.40. The lowest BCUT2D eigenvalue weighted by Crippen LogP contribution is -2.38. The van der Waals surface area contributed by atoms with Gasteiger partial charge in [-0.15, -0.1) is 0 Å². The van der Waals surface area contributed by atoms with Gasteiger partial charge in [-0.1, -0.05) is 28.9 Å². The molecular formula is C22H22F3N3O. The van der Waals surface area contributed by atoms with Gasteiger partial charge in [0.2, 0.25) is 5.82 Å². The maximum atomic E-state index is 13.8. The molecule has 3 aromatic rings. The van der Waals surface area contributed by atoms with Crippen LogP contribution in [0.15, 0.2) is 47.0 Å². The van der Waals surface area contributed by atoms with E-state index in [4.69, 9.17) is 4.52 Å². The topological polar surface area (TPSA) is 42.2 Å². The summed E-state index contributed by atoms with van der Waals surface area (Å²) in [5.41, 5.74) is 1.60. The van der Waals surface area contributed by atoms with Crippen molar-refractivity contribution < 1.29 is 17.7 Å². The van der Waals surface area contributed by atoms with Crippen molar-refractivity contribution in [3.63, 3.8) is 0 Å². The molecule has 1 aliphatic heterocycles. The molecule has 0 bridgehead atoms. The number of halogens is 3. The quantitative estimate of drug-likeness (QED) is 0.531. The Morgan fingerprint density at radius 2 is 1.90 bits per heavy atom. The predicted octanol–water partition coefficient (Wildman–Crippen LogP) is 6.11. The minimum absolute atomic E-state index is 0.0743. The Labute approximate surface area is 167 Å². The normalized spacial score (nSPS) is 17.6. The van der Waals surface area contributed by atoms with E-state index in [2.05, 4.69) is 10.1 Å². The van der Waals surface area contributed by atoms with Gasteiger partial charge in [-0.05, 0) is 57.4 Å². The number of hydrogen-bond donors (Lipinski definition) is 0. The molecule has 1 atom stereocenters. The van der Waals surface area contributed by atoms with Crippen molar-refractivity contribution in [2.24, 2.45) is 0 Å². The second kappa shape index (κ2) is 7.54. The fraction of sp³-hybridized carbons (Fsp3) is 0.364. The molecule has 4 nitrogen and oxygen atoms in total. The highest BCUT2D eigenvalue weighted by Gasteiger charge is 2.37.